The summed E-state index contributed by atoms with van der Waals surface area (Å²) in [5, 5.41) is 4.56. The Labute approximate surface area is 290 Å². The molecule has 0 radical (unpaired) electrons. The lowest BCUT2D eigenvalue weighted by Crippen LogP contribution is -1.92. The first kappa shape index (κ1) is 16.4. The van der Waals surface area contributed by atoms with Crippen molar-refractivity contribution in [3.63, 3.8) is 0 Å². The maximum atomic E-state index is 9.23. The van der Waals surface area contributed by atoms with Crippen LogP contribution in [-0.4, -0.2) is 0 Å². The maximum Gasteiger partial charge on any atom is 0.136 e. The molecule has 0 bridgehead atoms. The first-order chi connectivity index (χ1) is 28.7. The third kappa shape index (κ3) is 3.97. The first-order valence-electron chi connectivity index (χ1n) is 21.6. The molecule has 0 aliphatic rings. The van der Waals surface area contributed by atoms with Gasteiger partial charge < -0.3 is 4.42 Å². The summed E-state index contributed by atoms with van der Waals surface area (Å²) in [5.41, 5.74) is 3.95. The van der Waals surface area contributed by atoms with Gasteiger partial charge in [0.05, 0.1) is 17.8 Å². The average Bonchev–Trinajstić information content (AvgIpc) is 3.62. The summed E-state index contributed by atoms with van der Waals surface area (Å²) in [7, 11) is 0. The monoisotopic (exact) mass is 609 g/mol. The number of furan rings is 1. The van der Waals surface area contributed by atoms with Gasteiger partial charge in [-0.15, -0.1) is 0 Å². The van der Waals surface area contributed by atoms with Crippen LogP contribution in [0.2, 0.25) is 0 Å². The van der Waals surface area contributed by atoms with Gasteiger partial charge in [0.25, 0.3) is 0 Å². The minimum atomic E-state index is -0.532. The summed E-state index contributed by atoms with van der Waals surface area (Å²) >= 11 is 0. The Bertz CT molecular complexity index is 3530. The molecule has 0 spiro atoms. The molecule has 0 unspecified atom stereocenters. The number of fused-ring (bicyclic) bond motifs is 7. The fraction of sp³-hybridized carbons (Fsp3) is 0. The highest BCUT2D eigenvalue weighted by Crippen LogP contribution is 2.48. The molecule has 47 heavy (non-hydrogen) atoms. The van der Waals surface area contributed by atoms with Gasteiger partial charge >= 0.3 is 0 Å². The van der Waals surface area contributed by atoms with Gasteiger partial charge in [-0.3, -0.25) is 0 Å². The Kier molecular flexibility index (Phi) is 3.55. The van der Waals surface area contributed by atoms with E-state index < -0.39 is 30.2 Å². The van der Waals surface area contributed by atoms with Crippen molar-refractivity contribution in [2.45, 2.75) is 0 Å². The van der Waals surface area contributed by atoms with Gasteiger partial charge in [0.2, 0.25) is 0 Å². The van der Waals surface area contributed by atoms with E-state index in [9.17, 15) is 1.37 Å². The Morgan fingerprint density at radius 3 is 1.87 bits per heavy atom. The standard InChI is InChI=1S/C46H28O/c1-2-13-31-27-32(24-23-29(31)11-1)33-25-26-40-43(28-33)47-42-22-10-21-41(46(40)42)45-38-18-7-5-16-36(38)44(37-17-6-8-19-39(37)45)35-20-9-14-30-12-3-4-15-34(30)35/h1-28H/i1D,2D,3D,4D,9D,11D,12D,13D,14D,20D,23D,24D,27D. The molecule has 1 heterocycles. The normalized spacial score (nSPS) is 15.7. The van der Waals surface area contributed by atoms with Crippen molar-refractivity contribution >= 4 is 65.0 Å². The predicted molar refractivity (Wildman–Crippen MR) is 200 cm³/mol. The van der Waals surface area contributed by atoms with Crippen molar-refractivity contribution in [3.05, 3.63) is 170 Å². The second-order valence-corrected chi connectivity index (χ2v) is 11.4. The van der Waals surface area contributed by atoms with Gasteiger partial charge in [-0.1, -0.05) is 145 Å². The summed E-state index contributed by atoms with van der Waals surface area (Å²) in [6.45, 7) is 0. The second-order valence-electron chi connectivity index (χ2n) is 11.4. The lowest BCUT2D eigenvalue weighted by atomic mass is 9.84. The van der Waals surface area contributed by atoms with Gasteiger partial charge in [0, 0.05) is 10.8 Å². The van der Waals surface area contributed by atoms with Crippen LogP contribution >= 0.6 is 0 Å². The van der Waals surface area contributed by atoms with E-state index in [-0.39, 0.29) is 75.4 Å². The quantitative estimate of drug-likeness (QED) is 0.182. The zero-order valence-corrected chi connectivity index (χ0v) is 24.6. The smallest absolute Gasteiger partial charge is 0.136 e. The predicted octanol–water partition coefficient (Wildman–Crippen LogP) is 13.2. The molecule has 1 aromatic heterocycles. The molecule has 1 nitrogen and oxygen atoms in total. The Balaban J connectivity index is 1.26. The molecule has 0 aliphatic carbocycles. The van der Waals surface area contributed by atoms with Gasteiger partial charge in [-0.25, -0.2) is 0 Å². The molecule has 9 aromatic carbocycles. The molecule has 10 rings (SSSR count). The van der Waals surface area contributed by atoms with Gasteiger partial charge in [-0.05, 0) is 101 Å². The molecule has 0 N–H and O–H groups in total. The zero-order valence-electron chi connectivity index (χ0n) is 37.6. The summed E-state index contributed by atoms with van der Waals surface area (Å²) in [6.07, 6.45) is 0. The average molecular weight is 610 g/mol. The van der Waals surface area contributed by atoms with E-state index in [0.717, 1.165) is 43.4 Å². The van der Waals surface area contributed by atoms with Crippen LogP contribution in [0.4, 0.5) is 0 Å². The lowest BCUT2D eigenvalue weighted by Gasteiger charge is -2.19. The number of hydrogen-bond acceptors (Lipinski definition) is 1. The van der Waals surface area contributed by atoms with Crippen molar-refractivity contribution in [1.82, 2.24) is 0 Å². The van der Waals surface area contributed by atoms with Crippen LogP contribution in [0.15, 0.2) is 174 Å². The Hall–Kier alpha value is -6.18. The fourth-order valence-corrected chi connectivity index (χ4v) is 6.87. The molecular weight excluding hydrogens is 569 g/mol. The largest absolute Gasteiger partial charge is 0.456 e. The van der Waals surface area contributed by atoms with E-state index in [1.807, 2.05) is 72.8 Å². The fourth-order valence-electron chi connectivity index (χ4n) is 6.87. The highest BCUT2D eigenvalue weighted by atomic mass is 16.3. The van der Waals surface area contributed by atoms with Crippen molar-refractivity contribution < 1.29 is 22.2 Å². The zero-order chi connectivity index (χ0) is 42.2. The van der Waals surface area contributed by atoms with Crippen LogP contribution in [0.5, 0.6) is 0 Å². The van der Waals surface area contributed by atoms with Gasteiger partial charge in [0.15, 0.2) is 0 Å². The van der Waals surface area contributed by atoms with Crippen LogP contribution in [0.3, 0.4) is 0 Å². The molecule has 0 aliphatic heterocycles. The topological polar surface area (TPSA) is 13.1 Å². The molecule has 218 valence electrons. The second kappa shape index (κ2) is 10.2. The van der Waals surface area contributed by atoms with Gasteiger partial charge in [-0.2, -0.15) is 0 Å². The third-order valence-corrected chi connectivity index (χ3v) is 8.88. The highest BCUT2D eigenvalue weighted by Gasteiger charge is 2.21. The van der Waals surface area contributed by atoms with E-state index in [2.05, 4.69) is 0 Å². The van der Waals surface area contributed by atoms with Crippen LogP contribution in [-0.2, 0) is 0 Å². The molecule has 0 fully saturated rings. The minimum Gasteiger partial charge on any atom is -0.456 e. The SMILES string of the molecule is [2H]c1cc2c(-c3c4ccccc4c(-c4cccc5oc6cc(-c7c([2H])c([2H])c8c([2H])c([2H])c([2H])c([2H])c8c7[2H])ccc6c45)c4ccccc34)c([2H])c([2H])c([2H])c2c([2H])c1[2H]. The molecule has 1 heteroatoms. The van der Waals surface area contributed by atoms with E-state index in [0.29, 0.717) is 27.9 Å². The van der Waals surface area contributed by atoms with Crippen molar-refractivity contribution in [2.75, 3.05) is 0 Å². The van der Waals surface area contributed by atoms with E-state index in [1.54, 1.807) is 12.1 Å². The summed E-state index contributed by atoms with van der Waals surface area (Å²) in [6, 6.07) is 22.8. The Morgan fingerprint density at radius 1 is 0.404 bits per heavy atom. The van der Waals surface area contributed by atoms with E-state index >= 15 is 0 Å². The molecule has 0 amide bonds. The summed E-state index contributed by atoms with van der Waals surface area (Å²) in [4.78, 5) is 0. The highest BCUT2D eigenvalue weighted by molar-refractivity contribution is 6.27. The molecule has 0 saturated heterocycles. The van der Waals surface area contributed by atoms with E-state index in [4.69, 9.17) is 20.9 Å². The third-order valence-electron chi connectivity index (χ3n) is 8.88. The van der Waals surface area contributed by atoms with Crippen molar-refractivity contribution in [2.24, 2.45) is 0 Å². The van der Waals surface area contributed by atoms with Crippen LogP contribution < -0.4 is 0 Å². The molecule has 0 atom stereocenters. The van der Waals surface area contributed by atoms with E-state index in [1.165, 1.54) is 6.07 Å². The molecule has 0 saturated carbocycles. The maximum absolute atomic E-state index is 9.23. The summed E-state index contributed by atoms with van der Waals surface area (Å²) < 4.78 is 119. The van der Waals surface area contributed by atoms with Crippen LogP contribution in [0.1, 0.15) is 17.8 Å². The molecule has 10 aromatic rings. The lowest BCUT2D eigenvalue weighted by molar-refractivity contribution is 0.669. The van der Waals surface area contributed by atoms with Crippen LogP contribution in [0, 0.1) is 0 Å². The Morgan fingerprint density at radius 2 is 1.09 bits per heavy atom. The number of hydrogen-bond donors (Lipinski definition) is 0. The number of benzene rings is 9. The molecular formula is C46H28O. The minimum absolute atomic E-state index is 0.0392. The number of rotatable bonds is 3. The summed E-state index contributed by atoms with van der Waals surface area (Å²) in [5.74, 6) is 0. The first-order valence-corrected chi connectivity index (χ1v) is 15.1. The van der Waals surface area contributed by atoms with Crippen molar-refractivity contribution in [1.29, 1.82) is 0 Å². The van der Waals surface area contributed by atoms with Crippen LogP contribution in [0.25, 0.3) is 98.4 Å². The van der Waals surface area contributed by atoms with Crippen molar-refractivity contribution in [3.8, 4) is 33.4 Å². The van der Waals surface area contributed by atoms with Gasteiger partial charge in [0.1, 0.15) is 11.2 Å².